The van der Waals surface area contributed by atoms with Crippen molar-refractivity contribution in [2.75, 3.05) is 30.3 Å². The summed E-state index contributed by atoms with van der Waals surface area (Å²) in [6.45, 7) is 4.86. The molecule has 1 N–H and O–H groups in total. The summed E-state index contributed by atoms with van der Waals surface area (Å²) in [5, 5.41) is 4.28. The van der Waals surface area contributed by atoms with E-state index in [1.165, 1.54) is 4.70 Å². The van der Waals surface area contributed by atoms with Gasteiger partial charge in [0.25, 0.3) is 5.91 Å². The number of rotatable bonds is 6. The van der Waals surface area contributed by atoms with Crippen molar-refractivity contribution in [3.63, 3.8) is 0 Å². The highest BCUT2D eigenvalue weighted by atomic mass is 32.2. The van der Waals surface area contributed by atoms with Gasteiger partial charge in [-0.15, -0.1) is 11.8 Å². The molecular formula is C22H25N3OS2. The van der Waals surface area contributed by atoms with E-state index in [-0.39, 0.29) is 5.91 Å². The molecule has 1 fully saturated rings. The zero-order valence-corrected chi connectivity index (χ0v) is 17.7. The number of hydrogen-bond acceptors (Lipinski definition) is 5. The molecule has 2 aromatic carbocycles. The van der Waals surface area contributed by atoms with Crippen LogP contribution in [0.3, 0.4) is 0 Å². The van der Waals surface area contributed by atoms with Gasteiger partial charge in [0, 0.05) is 24.5 Å². The maximum absolute atomic E-state index is 12.6. The molecule has 1 aromatic heterocycles. The summed E-state index contributed by atoms with van der Waals surface area (Å²) in [4.78, 5) is 20.8. The number of thiazole rings is 1. The highest BCUT2D eigenvalue weighted by Gasteiger charge is 2.22. The molecule has 0 atom stereocenters. The van der Waals surface area contributed by atoms with Crippen LogP contribution in [-0.2, 0) is 0 Å². The van der Waals surface area contributed by atoms with E-state index in [1.807, 2.05) is 30.3 Å². The molecule has 4 nitrogen and oxygen atoms in total. The summed E-state index contributed by atoms with van der Waals surface area (Å²) < 4.78 is 1.25. The lowest BCUT2D eigenvalue weighted by Gasteiger charge is -2.31. The monoisotopic (exact) mass is 411 g/mol. The predicted octanol–water partition coefficient (Wildman–Crippen LogP) is 5.05. The van der Waals surface area contributed by atoms with Crippen LogP contribution in [0.2, 0.25) is 0 Å². The second-order valence-electron chi connectivity index (χ2n) is 7.03. The third-order valence-corrected chi connectivity index (χ3v) is 7.20. The molecule has 0 saturated carbocycles. The van der Waals surface area contributed by atoms with Gasteiger partial charge in [0.05, 0.1) is 15.8 Å². The molecule has 0 unspecified atom stereocenters. The number of aromatic nitrogens is 1. The Bertz CT molecular complexity index is 915. The number of amides is 1. The van der Waals surface area contributed by atoms with Crippen molar-refractivity contribution in [2.45, 2.75) is 24.7 Å². The van der Waals surface area contributed by atoms with E-state index in [4.69, 9.17) is 4.98 Å². The molecule has 6 heteroatoms. The van der Waals surface area contributed by atoms with E-state index < -0.39 is 0 Å². The van der Waals surface area contributed by atoms with Crippen LogP contribution in [0.4, 0.5) is 5.13 Å². The standard InChI is InChI=1S/C22H25N3OS2/c1-2-27-19-9-5-3-7-17(19)21(26)23-15-16-11-13-25(14-12-16)22-24-18-8-4-6-10-20(18)28-22/h3-10,16H,2,11-15H2,1H3,(H,23,26). The lowest BCUT2D eigenvalue weighted by atomic mass is 9.97. The Morgan fingerprint density at radius 1 is 1.18 bits per heavy atom. The molecule has 146 valence electrons. The first kappa shape index (κ1) is 19.3. The number of benzene rings is 2. The molecule has 3 aromatic rings. The van der Waals surface area contributed by atoms with Gasteiger partial charge in [-0.2, -0.15) is 0 Å². The quantitative estimate of drug-likeness (QED) is 0.576. The molecule has 0 bridgehead atoms. The Balaban J connectivity index is 1.30. The Hall–Kier alpha value is -2.05. The van der Waals surface area contributed by atoms with Gasteiger partial charge in [0.1, 0.15) is 0 Å². The van der Waals surface area contributed by atoms with Gasteiger partial charge in [0.2, 0.25) is 0 Å². The maximum Gasteiger partial charge on any atom is 0.252 e. The first-order valence-electron chi connectivity index (χ1n) is 9.85. The number of piperidine rings is 1. The summed E-state index contributed by atoms with van der Waals surface area (Å²) in [5.74, 6) is 1.54. The van der Waals surface area contributed by atoms with Crippen LogP contribution in [0.25, 0.3) is 10.2 Å². The number of anilines is 1. The Labute approximate surface area is 174 Å². The SMILES string of the molecule is CCSc1ccccc1C(=O)NCC1CCN(c2nc3ccccc3s2)CC1. The average molecular weight is 412 g/mol. The Morgan fingerprint density at radius 2 is 1.93 bits per heavy atom. The van der Waals surface area contributed by atoms with E-state index in [9.17, 15) is 4.79 Å². The number of nitrogens with one attached hydrogen (secondary N) is 1. The van der Waals surface area contributed by atoms with E-state index >= 15 is 0 Å². The van der Waals surface area contributed by atoms with Crippen molar-refractivity contribution >= 4 is 44.4 Å². The van der Waals surface area contributed by atoms with Crippen molar-refractivity contribution < 1.29 is 4.79 Å². The van der Waals surface area contributed by atoms with Gasteiger partial charge in [-0.05, 0) is 48.8 Å². The van der Waals surface area contributed by atoms with Gasteiger partial charge in [-0.25, -0.2) is 4.98 Å². The minimum atomic E-state index is 0.0464. The minimum Gasteiger partial charge on any atom is -0.352 e. The fraction of sp³-hybridized carbons (Fsp3) is 0.364. The molecule has 1 saturated heterocycles. The molecule has 0 radical (unpaired) electrons. The summed E-state index contributed by atoms with van der Waals surface area (Å²) in [6.07, 6.45) is 2.17. The highest BCUT2D eigenvalue weighted by Crippen LogP contribution is 2.31. The summed E-state index contributed by atoms with van der Waals surface area (Å²) >= 11 is 3.49. The second-order valence-corrected chi connectivity index (χ2v) is 9.35. The molecule has 1 aliphatic rings. The molecule has 1 aliphatic heterocycles. The molecule has 0 spiro atoms. The summed E-state index contributed by atoms with van der Waals surface area (Å²) in [5.41, 5.74) is 1.88. The third-order valence-electron chi connectivity index (χ3n) is 5.15. The van der Waals surface area contributed by atoms with E-state index in [0.29, 0.717) is 5.92 Å². The fourth-order valence-electron chi connectivity index (χ4n) is 3.59. The molecule has 28 heavy (non-hydrogen) atoms. The van der Waals surface area contributed by atoms with Crippen LogP contribution in [0.1, 0.15) is 30.1 Å². The largest absolute Gasteiger partial charge is 0.352 e. The first-order chi connectivity index (χ1) is 13.7. The van der Waals surface area contributed by atoms with Crippen molar-refractivity contribution in [2.24, 2.45) is 5.92 Å². The fourth-order valence-corrected chi connectivity index (χ4v) is 5.41. The second kappa shape index (κ2) is 8.97. The number of carbonyl (C=O) groups is 1. The van der Waals surface area contributed by atoms with Crippen LogP contribution in [-0.4, -0.2) is 36.3 Å². The molecule has 4 rings (SSSR count). The number of hydrogen-bond donors (Lipinski definition) is 1. The highest BCUT2D eigenvalue weighted by molar-refractivity contribution is 7.99. The van der Waals surface area contributed by atoms with Crippen LogP contribution in [0.5, 0.6) is 0 Å². The third kappa shape index (κ3) is 4.33. The minimum absolute atomic E-state index is 0.0464. The Morgan fingerprint density at radius 3 is 2.71 bits per heavy atom. The topological polar surface area (TPSA) is 45.2 Å². The van der Waals surface area contributed by atoms with Crippen molar-refractivity contribution in [1.82, 2.24) is 10.3 Å². The zero-order valence-electron chi connectivity index (χ0n) is 16.1. The summed E-state index contributed by atoms with van der Waals surface area (Å²) in [6, 6.07) is 16.2. The summed E-state index contributed by atoms with van der Waals surface area (Å²) in [7, 11) is 0. The molecule has 1 amide bonds. The number of nitrogens with zero attached hydrogens (tertiary/aromatic N) is 2. The number of fused-ring (bicyclic) bond motifs is 1. The van der Waals surface area contributed by atoms with Crippen LogP contribution in [0, 0.1) is 5.92 Å². The predicted molar refractivity (Wildman–Crippen MR) is 120 cm³/mol. The van der Waals surface area contributed by atoms with Crippen molar-refractivity contribution in [1.29, 1.82) is 0 Å². The number of carbonyl (C=O) groups excluding carboxylic acids is 1. The van der Waals surface area contributed by atoms with Crippen molar-refractivity contribution in [3.8, 4) is 0 Å². The molecule has 0 aliphatic carbocycles. The van der Waals surface area contributed by atoms with Gasteiger partial charge in [-0.1, -0.05) is 42.5 Å². The zero-order chi connectivity index (χ0) is 19.3. The van der Waals surface area contributed by atoms with Crippen LogP contribution < -0.4 is 10.2 Å². The lowest BCUT2D eigenvalue weighted by molar-refractivity contribution is 0.0942. The molecular weight excluding hydrogens is 386 g/mol. The van der Waals surface area contributed by atoms with Crippen LogP contribution >= 0.6 is 23.1 Å². The molecule has 2 heterocycles. The Kier molecular flexibility index (Phi) is 6.17. The maximum atomic E-state index is 12.6. The van der Waals surface area contributed by atoms with E-state index in [0.717, 1.165) is 59.3 Å². The number of thioether (sulfide) groups is 1. The van der Waals surface area contributed by atoms with Crippen LogP contribution in [0.15, 0.2) is 53.4 Å². The van der Waals surface area contributed by atoms with Gasteiger partial charge >= 0.3 is 0 Å². The van der Waals surface area contributed by atoms with Crippen molar-refractivity contribution in [3.05, 3.63) is 54.1 Å². The average Bonchev–Trinajstić information content (AvgIpc) is 3.17. The van der Waals surface area contributed by atoms with Gasteiger partial charge < -0.3 is 10.2 Å². The van der Waals surface area contributed by atoms with E-state index in [2.05, 4.69) is 35.3 Å². The van der Waals surface area contributed by atoms with Gasteiger partial charge in [-0.3, -0.25) is 4.79 Å². The normalized spacial score (nSPS) is 15.1. The first-order valence-corrected chi connectivity index (χ1v) is 11.7. The smallest absolute Gasteiger partial charge is 0.252 e. The van der Waals surface area contributed by atoms with E-state index in [1.54, 1.807) is 23.1 Å². The number of para-hydroxylation sites is 1. The lowest BCUT2D eigenvalue weighted by Crippen LogP contribution is -2.38. The van der Waals surface area contributed by atoms with Gasteiger partial charge in [0.15, 0.2) is 5.13 Å².